The molecule has 3 nitrogen and oxygen atoms in total. The molecule has 0 rings (SSSR count). The highest BCUT2D eigenvalue weighted by Gasteiger charge is 1.94. The average Bonchev–Trinajstić information content (AvgIpc) is 2.22. The summed E-state index contributed by atoms with van der Waals surface area (Å²) in [6.07, 6.45) is 0.465. The van der Waals surface area contributed by atoms with Gasteiger partial charge in [-0.25, -0.2) is 0 Å². The topological polar surface area (TPSA) is 35.5 Å². The molecule has 0 aliphatic carbocycles. The first kappa shape index (κ1) is 21.0. The molecule has 0 unspecified atom stereocenters. The highest BCUT2D eigenvalue weighted by atomic mass is 35.5. The Hall–Kier alpha value is -0.380. The summed E-state index contributed by atoms with van der Waals surface area (Å²) in [5.74, 6) is 0.611. The molecule has 0 atom stereocenters. The lowest BCUT2D eigenvalue weighted by Gasteiger charge is -2.09. The molecule has 0 fully saturated rings. The van der Waals surface area contributed by atoms with Crippen LogP contribution in [0.25, 0.3) is 0 Å². The minimum atomic E-state index is -0.0370. The summed E-state index contributed by atoms with van der Waals surface area (Å²) in [5.41, 5.74) is 0. The molecule has 0 aromatic heterocycles. The van der Waals surface area contributed by atoms with Crippen LogP contribution in [0.1, 0.15) is 34.1 Å². The van der Waals surface area contributed by atoms with Crippen molar-refractivity contribution < 1.29 is 14.3 Å². The molecule has 0 saturated carbocycles. The van der Waals surface area contributed by atoms with Crippen molar-refractivity contribution in [3.8, 4) is 0 Å². The van der Waals surface area contributed by atoms with Crippen LogP contribution in [0.5, 0.6) is 0 Å². The maximum Gasteiger partial charge on any atom is 0.154 e. The molecule has 0 saturated heterocycles. The summed E-state index contributed by atoms with van der Waals surface area (Å²) in [7, 11) is 0. The fourth-order valence-electron chi connectivity index (χ4n) is 0.651. The van der Waals surface area contributed by atoms with E-state index in [1.54, 1.807) is 0 Å². The van der Waals surface area contributed by atoms with Gasteiger partial charge in [0.05, 0.1) is 0 Å². The average molecular weight is 253 g/mol. The molecule has 0 radical (unpaired) electrons. The summed E-state index contributed by atoms with van der Waals surface area (Å²) >= 11 is 5.18. The Labute approximate surface area is 105 Å². The first-order valence-corrected chi connectivity index (χ1v) is 5.90. The van der Waals surface area contributed by atoms with Crippen molar-refractivity contribution in [3.63, 3.8) is 0 Å². The van der Waals surface area contributed by atoms with Gasteiger partial charge in [0.25, 0.3) is 0 Å². The van der Waals surface area contributed by atoms with Crippen LogP contribution >= 0.6 is 11.6 Å². The van der Waals surface area contributed by atoms with E-state index in [1.807, 2.05) is 20.8 Å². The van der Waals surface area contributed by atoms with E-state index in [9.17, 15) is 4.79 Å². The number of carbonyl (C=O) groups excluding carboxylic acids is 1. The molecule has 16 heavy (non-hydrogen) atoms. The number of carbonyl (C=O) groups is 1. The van der Waals surface area contributed by atoms with E-state index >= 15 is 0 Å². The third-order valence-electron chi connectivity index (χ3n) is 1.25. The lowest BCUT2D eigenvalue weighted by atomic mass is 10.4. The molecule has 0 bridgehead atoms. The van der Waals surface area contributed by atoms with Gasteiger partial charge < -0.3 is 9.47 Å². The Morgan fingerprint density at radius 3 is 1.75 bits per heavy atom. The third kappa shape index (κ3) is 29.2. The van der Waals surface area contributed by atoms with Crippen molar-refractivity contribution in [1.29, 1.82) is 0 Å². The van der Waals surface area contributed by atoms with Gasteiger partial charge in [0.2, 0.25) is 0 Å². The van der Waals surface area contributed by atoms with Crippen molar-refractivity contribution >= 4 is 17.4 Å². The number of rotatable bonds is 6. The largest absolute Gasteiger partial charge is 0.353 e. The number of hydrogen-bond acceptors (Lipinski definition) is 3. The molecule has 0 aromatic carbocycles. The summed E-state index contributed by atoms with van der Waals surface area (Å²) < 4.78 is 10.1. The van der Waals surface area contributed by atoms with E-state index < -0.39 is 0 Å². The SMILES string of the molecule is C=C.CC(=O)CCCl.CCOC(C)OCC. The lowest BCUT2D eigenvalue weighted by molar-refractivity contribution is -0.123. The first-order chi connectivity index (χ1) is 7.58. The monoisotopic (exact) mass is 252 g/mol. The Bertz CT molecular complexity index is 134. The van der Waals surface area contributed by atoms with Gasteiger partial charge in [0.1, 0.15) is 5.78 Å². The second kappa shape index (κ2) is 20.1. The minimum Gasteiger partial charge on any atom is -0.353 e. The summed E-state index contributed by atoms with van der Waals surface area (Å²) in [6, 6.07) is 0. The van der Waals surface area contributed by atoms with Crippen LogP contribution in [0.4, 0.5) is 0 Å². The molecular formula is C12H25ClO3. The number of ether oxygens (including phenoxy) is 2. The van der Waals surface area contributed by atoms with Gasteiger partial charge in [-0.05, 0) is 27.7 Å². The van der Waals surface area contributed by atoms with Gasteiger partial charge in [-0.15, -0.1) is 24.8 Å². The Morgan fingerprint density at radius 1 is 1.25 bits per heavy atom. The predicted molar refractivity (Wildman–Crippen MR) is 70.0 cm³/mol. The van der Waals surface area contributed by atoms with Gasteiger partial charge in [-0.2, -0.15) is 0 Å². The summed E-state index contributed by atoms with van der Waals surface area (Å²) in [5, 5.41) is 0. The van der Waals surface area contributed by atoms with E-state index in [2.05, 4.69) is 13.2 Å². The second-order valence-corrected chi connectivity index (χ2v) is 3.00. The lowest BCUT2D eigenvalue weighted by Crippen LogP contribution is -2.11. The van der Waals surface area contributed by atoms with Crippen molar-refractivity contribution in [2.75, 3.05) is 19.1 Å². The van der Waals surface area contributed by atoms with Crippen LogP contribution in [0.3, 0.4) is 0 Å². The number of halogens is 1. The Kier molecular flexibility index (Phi) is 26.3. The number of Topliss-reactive ketones (excluding diaryl/α,β-unsaturated/α-hetero) is 1. The Balaban J connectivity index is -0.000000188. The predicted octanol–water partition coefficient (Wildman–Crippen LogP) is 3.41. The zero-order chi connectivity index (χ0) is 13.4. The van der Waals surface area contributed by atoms with Crippen LogP contribution in [0.2, 0.25) is 0 Å². The smallest absolute Gasteiger partial charge is 0.154 e. The molecule has 0 N–H and O–H groups in total. The van der Waals surface area contributed by atoms with Crippen molar-refractivity contribution in [1.82, 2.24) is 0 Å². The molecule has 98 valence electrons. The number of alkyl halides is 1. The number of ketones is 1. The van der Waals surface area contributed by atoms with Crippen LogP contribution in [-0.2, 0) is 14.3 Å². The van der Waals surface area contributed by atoms with E-state index in [4.69, 9.17) is 21.1 Å². The molecule has 0 aromatic rings. The maximum atomic E-state index is 9.96. The summed E-state index contributed by atoms with van der Waals surface area (Å²) in [4.78, 5) is 9.96. The second-order valence-electron chi connectivity index (χ2n) is 2.62. The fraction of sp³-hybridized carbons (Fsp3) is 0.750. The fourth-order valence-corrected chi connectivity index (χ4v) is 0.917. The van der Waals surface area contributed by atoms with Crippen LogP contribution in [0, 0.1) is 0 Å². The molecule has 4 heteroatoms. The van der Waals surface area contributed by atoms with Crippen molar-refractivity contribution in [2.45, 2.75) is 40.4 Å². The molecule has 0 aliphatic rings. The highest BCUT2D eigenvalue weighted by Crippen LogP contribution is 1.90. The quantitative estimate of drug-likeness (QED) is 0.413. The van der Waals surface area contributed by atoms with E-state index in [0.29, 0.717) is 12.3 Å². The number of hydrogen-bond donors (Lipinski definition) is 0. The maximum absolute atomic E-state index is 9.96. The molecule has 0 amide bonds. The van der Waals surface area contributed by atoms with Crippen LogP contribution in [-0.4, -0.2) is 31.2 Å². The normalized spacial score (nSPS) is 8.62. The van der Waals surface area contributed by atoms with Crippen molar-refractivity contribution in [2.24, 2.45) is 0 Å². The van der Waals surface area contributed by atoms with E-state index in [1.165, 1.54) is 6.92 Å². The van der Waals surface area contributed by atoms with E-state index in [-0.39, 0.29) is 12.1 Å². The van der Waals surface area contributed by atoms with Gasteiger partial charge in [0, 0.05) is 25.5 Å². The minimum absolute atomic E-state index is 0.0370. The molecular weight excluding hydrogens is 228 g/mol. The van der Waals surface area contributed by atoms with Crippen molar-refractivity contribution in [3.05, 3.63) is 13.2 Å². The zero-order valence-electron chi connectivity index (χ0n) is 10.9. The first-order valence-electron chi connectivity index (χ1n) is 5.37. The van der Waals surface area contributed by atoms with Crippen LogP contribution < -0.4 is 0 Å². The molecule has 0 heterocycles. The van der Waals surface area contributed by atoms with Gasteiger partial charge in [-0.1, -0.05) is 0 Å². The van der Waals surface area contributed by atoms with Gasteiger partial charge >= 0.3 is 0 Å². The zero-order valence-corrected chi connectivity index (χ0v) is 11.7. The standard InChI is InChI=1S/C6H14O2.C4H7ClO.C2H4/c1-4-7-6(3)8-5-2;1-4(6)2-3-5;1-2/h6H,4-5H2,1-3H3;2-3H2,1H3;1-2H2. The van der Waals surface area contributed by atoms with Gasteiger partial charge in [0.15, 0.2) is 6.29 Å². The highest BCUT2D eigenvalue weighted by molar-refractivity contribution is 6.18. The molecule has 0 aliphatic heterocycles. The van der Waals surface area contributed by atoms with Crippen LogP contribution in [0.15, 0.2) is 13.2 Å². The van der Waals surface area contributed by atoms with E-state index in [0.717, 1.165) is 13.2 Å². The summed E-state index contributed by atoms with van der Waals surface area (Å²) in [6.45, 7) is 14.8. The van der Waals surface area contributed by atoms with Gasteiger partial charge in [-0.3, -0.25) is 4.79 Å². The Morgan fingerprint density at radius 2 is 1.62 bits per heavy atom. The third-order valence-corrected chi connectivity index (χ3v) is 1.44. The molecule has 0 spiro atoms.